The molecule has 5 nitrogen and oxygen atoms in total. The number of nitrogens with zero attached hydrogens (tertiary/aromatic N) is 3. The van der Waals surface area contributed by atoms with Crippen LogP contribution < -0.4 is 0 Å². The third kappa shape index (κ3) is 5.37. The molecule has 1 heterocycles. The predicted molar refractivity (Wildman–Crippen MR) is 77.4 cm³/mol. The summed E-state index contributed by atoms with van der Waals surface area (Å²) in [6.07, 6.45) is 1.05. The van der Waals surface area contributed by atoms with Crippen molar-refractivity contribution in [2.75, 3.05) is 59.0 Å². The molecule has 0 aromatic carbocycles. The molecule has 1 fully saturated rings. The maximum atomic E-state index is 12.3. The number of ether oxygens (including phenoxy) is 1. The van der Waals surface area contributed by atoms with Gasteiger partial charge < -0.3 is 19.4 Å². The van der Waals surface area contributed by atoms with Crippen molar-refractivity contribution in [3.05, 3.63) is 0 Å². The smallest absolute Gasteiger partial charge is 0.320 e. The van der Waals surface area contributed by atoms with E-state index in [0.717, 1.165) is 52.2 Å². The van der Waals surface area contributed by atoms with Crippen molar-refractivity contribution in [3.8, 4) is 0 Å². The molecule has 0 aliphatic carbocycles. The summed E-state index contributed by atoms with van der Waals surface area (Å²) < 4.78 is 5.29. The van der Waals surface area contributed by atoms with E-state index in [1.54, 1.807) is 0 Å². The predicted octanol–water partition coefficient (Wildman–Crippen LogP) is 1.49. The number of hydrogen-bond donors (Lipinski definition) is 0. The number of carbonyl (C=O) groups is 1. The molecule has 0 bridgehead atoms. The van der Waals surface area contributed by atoms with Crippen molar-refractivity contribution in [2.24, 2.45) is 0 Å². The molecule has 112 valence electrons. The molecule has 1 aliphatic heterocycles. The number of hydrogen-bond acceptors (Lipinski definition) is 3. The van der Waals surface area contributed by atoms with Crippen LogP contribution in [0, 0.1) is 0 Å². The van der Waals surface area contributed by atoms with Crippen molar-refractivity contribution < 1.29 is 9.53 Å². The number of rotatable bonds is 7. The van der Waals surface area contributed by atoms with E-state index in [2.05, 4.69) is 25.7 Å². The summed E-state index contributed by atoms with van der Waals surface area (Å²) >= 11 is 0. The second-order valence-electron chi connectivity index (χ2n) is 4.84. The number of amides is 2. The average Bonchev–Trinajstić information content (AvgIpc) is 2.48. The van der Waals surface area contributed by atoms with E-state index < -0.39 is 0 Å². The number of urea groups is 1. The van der Waals surface area contributed by atoms with Gasteiger partial charge in [0.15, 0.2) is 0 Å². The van der Waals surface area contributed by atoms with E-state index in [1.165, 1.54) is 0 Å². The first-order valence-electron chi connectivity index (χ1n) is 7.56. The zero-order valence-corrected chi connectivity index (χ0v) is 12.7. The molecule has 1 saturated heterocycles. The van der Waals surface area contributed by atoms with Gasteiger partial charge in [0.25, 0.3) is 0 Å². The zero-order chi connectivity index (χ0) is 14.1. The Labute approximate surface area is 117 Å². The van der Waals surface area contributed by atoms with Gasteiger partial charge in [-0.3, -0.25) is 0 Å². The second kappa shape index (κ2) is 9.15. The minimum Gasteiger partial charge on any atom is -0.378 e. The summed E-state index contributed by atoms with van der Waals surface area (Å²) in [5.41, 5.74) is 0. The molecule has 0 unspecified atom stereocenters. The van der Waals surface area contributed by atoms with Gasteiger partial charge in [-0.05, 0) is 33.0 Å². The highest BCUT2D eigenvalue weighted by molar-refractivity contribution is 5.74. The largest absolute Gasteiger partial charge is 0.378 e. The minimum absolute atomic E-state index is 0.172. The highest BCUT2D eigenvalue weighted by atomic mass is 16.5. The molecule has 19 heavy (non-hydrogen) atoms. The Hall–Kier alpha value is -0.810. The Morgan fingerprint density at radius 2 is 1.68 bits per heavy atom. The topological polar surface area (TPSA) is 36.0 Å². The summed E-state index contributed by atoms with van der Waals surface area (Å²) in [7, 11) is 0. The van der Waals surface area contributed by atoms with Gasteiger partial charge in [-0.15, -0.1) is 0 Å². The van der Waals surface area contributed by atoms with Crippen LogP contribution in [-0.2, 0) is 4.74 Å². The van der Waals surface area contributed by atoms with E-state index in [-0.39, 0.29) is 6.03 Å². The van der Waals surface area contributed by atoms with Crippen LogP contribution in [-0.4, -0.2) is 79.8 Å². The summed E-state index contributed by atoms with van der Waals surface area (Å²) in [4.78, 5) is 18.6. The van der Waals surface area contributed by atoms with Gasteiger partial charge in [-0.1, -0.05) is 13.8 Å². The molecule has 2 amide bonds. The summed E-state index contributed by atoms with van der Waals surface area (Å²) in [5.74, 6) is 0. The first-order valence-corrected chi connectivity index (χ1v) is 7.56. The van der Waals surface area contributed by atoms with Gasteiger partial charge in [-0.25, -0.2) is 4.79 Å². The lowest BCUT2D eigenvalue weighted by molar-refractivity contribution is 0.0434. The van der Waals surface area contributed by atoms with Crippen molar-refractivity contribution in [1.29, 1.82) is 0 Å². The Morgan fingerprint density at radius 1 is 1.05 bits per heavy atom. The first-order chi connectivity index (χ1) is 9.22. The Balaban J connectivity index is 2.33. The quantitative estimate of drug-likeness (QED) is 0.704. The van der Waals surface area contributed by atoms with Crippen LogP contribution in [0.3, 0.4) is 0 Å². The molecular formula is C14H29N3O2. The van der Waals surface area contributed by atoms with Gasteiger partial charge in [0.2, 0.25) is 0 Å². The maximum Gasteiger partial charge on any atom is 0.320 e. The molecule has 5 heteroatoms. The van der Waals surface area contributed by atoms with E-state index in [9.17, 15) is 4.79 Å². The zero-order valence-electron chi connectivity index (χ0n) is 12.7. The first kappa shape index (κ1) is 16.2. The molecule has 0 spiro atoms. The Morgan fingerprint density at radius 3 is 2.21 bits per heavy atom. The molecule has 0 atom stereocenters. The van der Waals surface area contributed by atoms with Gasteiger partial charge >= 0.3 is 6.03 Å². The van der Waals surface area contributed by atoms with E-state index in [4.69, 9.17) is 4.74 Å². The third-order valence-corrected chi connectivity index (χ3v) is 3.73. The molecule has 1 rings (SSSR count). The lowest BCUT2D eigenvalue weighted by atomic mass is 10.3. The summed E-state index contributed by atoms with van der Waals surface area (Å²) in [6, 6.07) is 0.172. The highest BCUT2D eigenvalue weighted by Crippen LogP contribution is 2.04. The van der Waals surface area contributed by atoms with E-state index in [1.807, 2.05) is 9.80 Å². The van der Waals surface area contributed by atoms with Crippen LogP contribution in [0.4, 0.5) is 4.79 Å². The van der Waals surface area contributed by atoms with Gasteiger partial charge in [0.05, 0.1) is 13.2 Å². The summed E-state index contributed by atoms with van der Waals surface area (Å²) in [6.45, 7) is 14.1. The van der Waals surface area contributed by atoms with Crippen LogP contribution in [0.25, 0.3) is 0 Å². The van der Waals surface area contributed by atoms with Crippen LogP contribution in [0.1, 0.15) is 27.2 Å². The van der Waals surface area contributed by atoms with Gasteiger partial charge in [0, 0.05) is 26.2 Å². The fourth-order valence-electron chi connectivity index (χ4n) is 2.37. The molecule has 0 aromatic rings. The highest BCUT2D eigenvalue weighted by Gasteiger charge is 2.21. The SMILES string of the molecule is CCN(CC)CCCN(CC)C(=O)N1CCOCC1. The van der Waals surface area contributed by atoms with E-state index >= 15 is 0 Å². The molecule has 0 aromatic heterocycles. The standard InChI is InChI=1S/C14H29N3O2/c1-4-15(5-2)8-7-9-16(6-3)14(18)17-10-12-19-13-11-17/h4-13H2,1-3H3. The average molecular weight is 271 g/mol. The Kier molecular flexibility index (Phi) is 7.82. The molecule has 0 saturated carbocycles. The summed E-state index contributed by atoms with van der Waals surface area (Å²) in [5, 5.41) is 0. The fourth-order valence-corrected chi connectivity index (χ4v) is 2.37. The van der Waals surface area contributed by atoms with Crippen molar-refractivity contribution in [2.45, 2.75) is 27.2 Å². The molecule has 0 N–H and O–H groups in total. The fraction of sp³-hybridized carbons (Fsp3) is 0.929. The van der Waals surface area contributed by atoms with Gasteiger partial charge in [-0.2, -0.15) is 0 Å². The monoisotopic (exact) mass is 271 g/mol. The van der Waals surface area contributed by atoms with Crippen LogP contribution in [0.5, 0.6) is 0 Å². The normalized spacial score (nSPS) is 15.9. The van der Waals surface area contributed by atoms with Crippen molar-refractivity contribution in [3.63, 3.8) is 0 Å². The lowest BCUT2D eigenvalue weighted by Gasteiger charge is -2.32. The van der Waals surface area contributed by atoms with Crippen molar-refractivity contribution in [1.82, 2.24) is 14.7 Å². The van der Waals surface area contributed by atoms with E-state index in [0.29, 0.717) is 13.2 Å². The maximum absolute atomic E-state index is 12.3. The third-order valence-electron chi connectivity index (χ3n) is 3.73. The lowest BCUT2D eigenvalue weighted by Crippen LogP contribution is -2.48. The molecule has 0 radical (unpaired) electrons. The molecule has 1 aliphatic rings. The minimum atomic E-state index is 0.172. The van der Waals surface area contributed by atoms with Gasteiger partial charge in [0.1, 0.15) is 0 Å². The Bertz CT molecular complexity index is 251. The molecular weight excluding hydrogens is 242 g/mol. The van der Waals surface area contributed by atoms with Crippen LogP contribution in [0.2, 0.25) is 0 Å². The van der Waals surface area contributed by atoms with Crippen molar-refractivity contribution >= 4 is 6.03 Å². The second-order valence-corrected chi connectivity index (χ2v) is 4.84. The number of carbonyl (C=O) groups excluding carboxylic acids is 1. The van der Waals surface area contributed by atoms with Crippen LogP contribution in [0.15, 0.2) is 0 Å². The number of morpholine rings is 1. The van der Waals surface area contributed by atoms with Crippen LogP contribution >= 0.6 is 0 Å².